The lowest BCUT2D eigenvalue weighted by atomic mass is 10.0. The Kier molecular flexibility index (Phi) is 3.64. The summed E-state index contributed by atoms with van der Waals surface area (Å²) < 4.78 is 16.2. The molecule has 108 valence electrons. The van der Waals surface area contributed by atoms with Crippen LogP contribution in [0.5, 0.6) is 0 Å². The third-order valence-corrected chi connectivity index (χ3v) is 3.86. The van der Waals surface area contributed by atoms with E-state index >= 15 is 0 Å². The van der Waals surface area contributed by atoms with Crippen molar-refractivity contribution in [1.82, 2.24) is 0 Å². The number of methoxy groups -OCH3 is 3. The molecule has 0 aromatic heterocycles. The van der Waals surface area contributed by atoms with E-state index in [1.807, 2.05) is 24.3 Å². The quantitative estimate of drug-likeness (QED) is 0.534. The molecular weight excluding hydrogens is 264 g/mol. The molecule has 0 spiro atoms. The standard InChI is InChI=1S/C18H18O3/c1-19-18(20-2,21-3)17-9-8-15-10-13-6-4-5-7-14(13)11-16(15)12-17/h4-12H,1-3H3. The molecule has 3 aromatic rings. The number of ether oxygens (including phenoxy) is 3. The van der Waals surface area contributed by atoms with Crippen LogP contribution in [-0.2, 0) is 20.2 Å². The van der Waals surface area contributed by atoms with E-state index in [0.29, 0.717) is 0 Å². The Labute approximate surface area is 124 Å². The Morgan fingerprint density at radius 1 is 0.619 bits per heavy atom. The predicted molar refractivity (Wildman–Crippen MR) is 84.2 cm³/mol. The van der Waals surface area contributed by atoms with Gasteiger partial charge in [-0.25, -0.2) is 0 Å². The van der Waals surface area contributed by atoms with Crippen LogP contribution in [0.15, 0.2) is 54.6 Å². The number of benzene rings is 3. The fraction of sp³-hybridized carbons (Fsp3) is 0.222. The Hall–Kier alpha value is -1.94. The highest BCUT2D eigenvalue weighted by atomic mass is 16.9. The molecule has 0 aliphatic rings. The predicted octanol–water partition coefficient (Wildman–Crippen LogP) is 4.04. The van der Waals surface area contributed by atoms with Gasteiger partial charge in [-0.15, -0.1) is 0 Å². The van der Waals surface area contributed by atoms with Crippen LogP contribution in [0, 0.1) is 0 Å². The molecule has 0 bridgehead atoms. The minimum atomic E-state index is -1.17. The zero-order valence-corrected chi connectivity index (χ0v) is 12.4. The first-order valence-electron chi connectivity index (χ1n) is 6.81. The van der Waals surface area contributed by atoms with Crippen molar-refractivity contribution in [3.05, 3.63) is 60.2 Å². The summed E-state index contributed by atoms with van der Waals surface area (Å²) in [5.74, 6) is -1.17. The summed E-state index contributed by atoms with van der Waals surface area (Å²) in [6.07, 6.45) is 0. The molecule has 0 saturated carbocycles. The molecule has 3 heteroatoms. The van der Waals surface area contributed by atoms with E-state index < -0.39 is 5.97 Å². The first-order chi connectivity index (χ1) is 10.2. The Morgan fingerprint density at radius 3 is 1.71 bits per heavy atom. The van der Waals surface area contributed by atoms with Gasteiger partial charge >= 0.3 is 5.97 Å². The third-order valence-electron chi connectivity index (χ3n) is 3.86. The van der Waals surface area contributed by atoms with E-state index in [-0.39, 0.29) is 0 Å². The molecule has 0 heterocycles. The molecule has 0 aliphatic heterocycles. The molecule has 0 fully saturated rings. The van der Waals surface area contributed by atoms with Crippen molar-refractivity contribution in [1.29, 1.82) is 0 Å². The van der Waals surface area contributed by atoms with Gasteiger partial charge in [-0.2, -0.15) is 0 Å². The molecule has 0 saturated heterocycles. The van der Waals surface area contributed by atoms with Crippen molar-refractivity contribution >= 4 is 21.5 Å². The van der Waals surface area contributed by atoms with Gasteiger partial charge in [0.2, 0.25) is 0 Å². The van der Waals surface area contributed by atoms with Gasteiger partial charge in [0.1, 0.15) is 0 Å². The zero-order valence-electron chi connectivity index (χ0n) is 12.4. The fourth-order valence-electron chi connectivity index (χ4n) is 2.73. The number of rotatable bonds is 4. The lowest BCUT2D eigenvalue weighted by molar-refractivity contribution is -0.364. The van der Waals surface area contributed by atoms with Crippen LogP contribution in [-0.4, -0.2) is 21.3 Å². The molecular formula is C18H18O3. The average molecular weight is 282 g/mol. The highest BCUT2D eigenvalue weighted by Gasteiger charge is 2.32. The molecule has 0 aliphatic carbocycles. The summed E-state index contributed by atoms with van der Waals surface area (Å²) in [7, 11) is 4.70. The van der Waals surface area contributed by atoms with Crippen molar-refractivity contribution in [3.63, 3.8) is 0 Å². The van der Waals surface area contributed by atoms with Crippen molar-refractivity contribution < 1.29 is 14.2 Å². The van der Waals surface area contributed by atoms with Crippen molar-refractivity contribution in [2.75, 3.05) is 21.3 Å². The maximum absolute atomic E-state index is 5.41. The van der Waals surface area contributed by atoms with Crippen LogP contribution < -0.4 is 0 Å². The van der Waals surface area contributed by atoms with Crippen LogP contribution >= 0.6 is 0 Å². The van der Waals surface area contributed by atoms with Crippen LogP contribution in [0.3, 0.4) is 0 Å². The summed E-state index contributed by atoms with van der Waals surface area (Å²) in [5.41, 5.74) is 0.831. The molecule has 3 aromatic carbocycles. The molecule has 0 N–H and O–H groups in total. The van der Waals surface area contributed by atoms with Crippen LogP contribution in [0.4, 0.5) is 0 Å². The highest BCUT2D eigenvalue weighted by molar-refractivity contribution is 5.98. The number of fused-ring (bicyclic) bond motifs is 2. The molecule has 0 amide bonds. The lowest BCUT2D eigenvalue weighted by Gasteiger charge is -2.29. The van der Waals surface area contributed by atoms with Crippen LogP contribution in [0.25, 0.3) is 21.5 Å². The number of hydrogen-bond donors (Lipinski definition) is 0. The largest absolute Gasteiger partial charge is 0.327 e. The zero-order chi connectivity index (χ0) is 14.9. The summed E-state index contributed by atoms with van der Waals surface area (Å²) >= 11 is 0. The normalized spacial score (nSPS) is 12.1. The van der Waals surface area contributed by atoms with E-state index in [1.54, 1.807) is 21.3 Å². The van der Waals surface area contributed by atoms with Gasteiger partial charge in [0.25, 0.3) is 0 Å². The van der Waals surface area contributed by atoms with E-state index in [9.17, 15) is 0 Å². The molecule has 21 heavy (non-hydrogen) atoms. The summed E-state index contributed by atoms with van der Waals surface area (Å²) in [5, 5.41) is 4.74. The minimum absolute atomic E-state index is 0.831. The summed E-state index contributed by atoms with van der Waals surface area (Å²) in [6.45, 7) is 0. The molecule has 0 radical (unpaired) electrons. The van der Waals surface area contributed by atoms with Gasteiger partial charge in [-0.3, -0.25) is 0 Å². The first-order valence-corrected chi connectivity index (χ1v) is 6.81. The van der Waals surface area contributed by atoms with E-state index in [4.69, 9.17) is 14.2 Å². The van der Waals surface area contributed by atoms with Gasteiger partial charge in [-0.05, 0) is 39.7 Å². The van der Waals surface area contributed by atoms with Crippen molar-refractivity contribution in [3.8, 4) is 0 Å². The Balaban J connectivity index is 2.21. The van der Waals surface area contributed by atoms with Crippen molar-refractivity contribution in [2.45, 2.75) is 5.97 Å². The number of hydrogen-bond acceptors (Lipinski definition) is 3. The van der Waals surface area contributed by atoms with Gasteiger partial charge in [0, 0.05) is 26.9 Å². The smallest absolute Gasteiger partial charge is 0.311 e. The maximum Gasteiger partial charge on any atom is 0.311 e. The Morgan fingerprint density at radius 2 is 1.14 bits per heavy atom. The van der Waals surface area contributed by atoms with E-state index in [1.165, 1.54) is 16.2 Å². The fourth-order valence-corrected chi connectivity index (χ4v) is 2.73. The third kappa shape index (κ3) is 2.29. The van der Waals surface area contributed by atoms with E-state index in [0.717, 1.165) is 10.9 Å². The SMILES string of the molecule is COC(OC)(OC)c1ccc2cc3ccccc3cc2c1. The summed E-state index contributed by atoms with van der Waals surface area (Å²) in [6, 6.07) is 18.7. The first kappa shape index (κ1) is 14.0. The van der Waals surface area contributed by atoms with Crippen molar-refractivity contribution in [2.24, 2.45) is 0 Å². The molecule has 0 atom stereocenters. The second kappa shape index (κ2) is 5.45. The Bertz CT molecular complexity index is 767. The van der Waals surface area contributed by atoms with Crippen LogP contribution in [0.2, 0.25) is 0 Å². The second-order valence-corrected chi connectivity index (χ2v) is 4.93. The highest BCUT2D eigenvalue weighted by Crippen LogP contribution is 2.31. The van der Waals surface area contributed by atoms with Crippen LogP contribution in [0.1, 0.15) is 5.56 Å². The maximum atomic E-state index is 5.41. The topological polar surface area (TPSA) is 27.7 Å². The summed E-state index contributed by atoms with van der Waals surface area (Å²) in [4.78, 5) is 0. The van der Waals surface area contributed by atoms with Gasteiger partial charge < -0.3 is 14.2 Å². The molecule has 3 rings (SSSR count). The van der Waals surface area contributed by atoms with Gasteiger partial charge in [0.05, 0.1) is 0 Å². The second-order valence-electron chi connectivity index (χ2n) is 4.93. The average Bonchev–Trinajstić information content (AvgIpc) is 2.55. The lowest BCUT2D eigenvalue weighted by Crippen LogP contribution is -2.32. The monoisotopic (exact) mass is 282 g/mol. The molecule has 0 unspecified atom stereocenters. The van der Waals surface area contributed by atoms with Gasteiger partial charge in [0.15, 0.2) is 0 Å². The molecule has 3 nitrogen and oxygen atoms in total. The van der Waals surface area contributed by atoms with Gasteiger partial charge in [-0.1, -0.05) is 36.4 Å². The minimum Gasteiger partial charge on any atom is -0.327 e. The van der Waals surface area contributed by atoms with E-state index in [2.05, 4.69) is 30.3 Å².